The molecule has 0 aliphatic rings. The van der Waals surface area contributed by atoms with Gasteiger partial charge < -0.3 is 25.2 Å². The van der Waals surface area contributed by atoms with Gasteiger partial charge in [0.2, 0.25) is 0 Å². The Morgan fingerprint density at radius 1 is 1.10 bits per heavy atom. The van der Waals surface area contributed by atoms with Crippen LogP contribution in [0.5, 0.6) is 11.5 Å². The van der Waals surface area contributed by atoms with E-state index >= 15 is 4.39 Å². The highest BCUT2D eigenvalue weighted by molar-refractivity contribution is 6.04. The molecule has 0 saturated heterocycles. The second kappa shape index (κ2) is 11.9. The second-order valence-corrected chi connectivity index (χ2v) is 8.72. The number of methoxy groups -OCH3 is 1. The lowest BCUT2D eigenvalue weighted by Crippen LogP contribution is -2.29. The van der Waals surface area contributed by atoms with Crippen LogP contribution < -0.4 is 20.9 Å². The van der Waals surface area contributed by atoms with Gasteiger partial charge in [0.05, 0.1) is 24.9 Å². The van der Waals surface area contributed by atoms with Crippen molar-refractivity contribution in [1.29, 1.82) is 0 Å². The SMILES string of the molecule is COC[C@H](CO)Nc1n[nH]c2nccc(Oc3ccc(NC(=O)c4ccnn(-c5ccc(F)cc5)c4=O)cc3F)c12. The first-order valence-electron chi connectivity index (χ1n) is 12.2. The van der Waals surface area contributed by atoms with Crippen molar-refractivity contribution in [3.05, 3.63) is 94.5 Å². The van der Waals surface area contributed by atoms with Gasteiger partial charge in [-0.2, -0.15) is 14.9 Å². The number of benzene rings is 2. The van der Waals surface area contributed by atoms with Crippen molar-refractivity contribution >= 4 is 28.4 Å². The third-order valence-corrected chi connectivity index (χ3v) is 5.92. The summed E-state index contributed by atoms with van der Waals surface area (Å²) in [7, 11) is 1.50. The number of aliphatic hydroxyl groups excluding tert-OH is 1. The number of aliphatic hydroxyl groups is 1. The van der Waals surface area contributed by atoms with Crippen LogP contribution in [0.4, 0.5) is 20.3 Å². The topological polar surface area (TPSA) is 156 Å². The van der Waals surface area contributed by atoms with Crippen LogP contribution in [0.15, 0.2) is 71.8 Å². The molecule has 0 radical (unpaired) electrons. The van der Waals surface area contributed by atoms with Gasteiger partial charge in [0.1, 0.15) is 22.5 Å². The molecule has 12 nitrogen and oxygen atoms in total. The van der Waals surface area contributed by atoms with E-state index in [1.54, 1.807) is 0 Å². The van der Waals surface area contributed by atoms with E-state index in [0.29, 0.717) is 16.9 Å². The average Bonchev–Trinajstić information content (AvgIpc) is 3.38. The molecule has 0 unspecified atom stereocenters. The molecular formula is C27H23F2N7O5. The zero-order chi connectivity index (χ0) is 28.9. The number of nitrogens with zero attached hydrogens (tertiary/aromatic N) is 4. The fraction of sp³-hybridized carbons (Fsp3) is 0.148. The summed E-state index contributed by atoms with van der Waals surface area (Å²) in [6, 6.07) is 11.1. The molecule has 3 heterocycles. The Hall–Kier alpha value is -5.21. The minimum atomic E-state index is -0.795. The van der Waals surface area contributed by atoms with E-state index in [2.05, 4.69) is 30.9 Å². The molecule has 1 amide bonds. The van der Waals surface area contributed by atoms with E-state index < -0.39 is 29.1 Å². The van der Waals surface area contributed by atoms with Crippen molar-refractivity contribution in [2.75, 3.05) is 31.0 Å². The molecule has 0 bridgehead atoms. The summed E-state index contributed by atoms with van der Waals surface area (Å²) in [5.41, 5.74) is -0.284. The fourth-order valence-corrected chi connectivity index (χ4v) is 3.98. The number of carbonyl (C=O) groups excluding carboxylic acids is 1. The molecule has 2 aromatic carbocycles. The number of amides is 1. The van der Waals surface area contributed by atoms with E-state index in [1.165, 1.54) is 55.9 Å². The first kappa shape index (κ1) is 27.4. The normalized spacial score (nSPS) is 11.8. The molecule has 0 fully saturated rings. The number of halogens is 2. The predicted octanol–water partition coefficient (Wildman–Crippen LogP) is 3.25. The first-order valence-corrected chi connectivity index (χ1v) is 12.2. The number of ether oxygens (including phenoxy) is 2. The summed E-state index contributed by atoms with van der Waals surface area (Å²) in [5.74, 6) is -1.67. The average molecular weight is 564 g/mol. The summed E-state index contributed by atoms with van der Waals surface area (Å²) in [6.45, 7) is -0.0112. The first-order chi connectivity index (χ1) is 19.9. The van der Waals surface area contributed by atoms with E-state index in [1.807, 2.05) is 0 Å². The summed E-state index contributed by atoms with van der Waals surface area (Å²) in [5, 5.41) is 26.4. The Labute approximate surface area is 230 Å². The monoisotopic (exact) mass is 563 g/mol. The summed E-state index contributed by atoms with van der Waals surface area (Å²) < 4.78 is 40.2. The quantitative estimate of drug-likeness (QED) is 0.200. The minimum absolute atomic E-state index is 0.0697. The Morgan fingerprint density at radius 2 is 1.90 bits per heavy atom. The number of pyridine rings is 1. The van der Waals surface area contributed by atoms with Crippen LogP contribution >= 0.6 is 0 Å². The highest BCUT2D eigenvalue weighted by Crippen LogP contribution is 2.34. The van der Waals surface area contributed by atoms with Gasteiger partial charge in [0.15, 0.2) is 23.0 Å². The largest absolute Gasteiger partial charge is 0.453 e. The number of fused-ring (bicyclic) bond motifs is 1. The van der Waals surface area contributed by atoms with Gasteiger partial charge in [-0.25, -0.2) is 13.8 Å². The van der Waals surface area contributed by atoms with Gasteiger partial charge in [-0.05, 0) is 42.5 Å². The van der Waals surface area contributed by atoms with E-state index in [4.69, 9.17) is 9.47 Å². The second-order valence-electron chi connectivity index (χ2n) is 8.72. The third kappa shape index (κ3) is 5.88. The molecule has 41 heavy (non-hydrogen) atoms. The molecule has 14 heteroatoms. The number of hydrogen-bond donors (Lipinski definition) is 4. The smallest absolute Gasteiger partial charge is 0.284 e. The standard InChI is InChI=1S/C27H23F2N7O5/c1-40-14-17(13-37)32-25-23-22(9-10-30-24(23)34-35-25)41-21-7-4-16(12-20(21)29)33-26(38)19-8-11-31-36(27(19)39)18-5-2-15(28)3-6-18/h2-12,17,37H,13-14H2,1H3,(H,33,38)(H2,30,32,34,35)/t17-/m0/s1. The third-order valence-electron chi connectivity index (χ3n) is 5.92. The molecular weight excluding hydrogens is 540 g/mol. The highest BCUT2D eigenvalue weighted by atomic mass is 19.1. The van der Waals surface area contributed by atoms with Crippen molar-refractivity contribution < 1.29 is 28.2 Å². The number of aromatic nitrogens is 5. The van der Waals surface area contributed by atoms with Crippen LogP contribution in [0, 0.1) is 11.6 Å². The number of carbonyl (C=O) groups is 1. The summed E-state index contributed by atoms with van der Waals surface area (Å²) >= 11 is 0. The van der Waals surface area contributed by atoms with Gasteiger partial charge in [-0.15, -0.1) is 0 Å². The molecule has 3 aromatic heterocycles. The zero-order valence-corrected chi connectivity index (χ0v) is 21.5. The van der Waals surface area contributed by atoms with Crippen LogP contribution in [0.25, 0.3) is 16.7 Å². The van der Waals surface area contributed by atoms with Crippen LogP contribution in [0.2, 0.25) is 0 Å². The number of anilines is 2. The molecule has 5 aromatic rings. The van der Waals surface area contributed by atoms with Crippen molar-refractivity contribution in [3.63, 3.8) is 0 Å². The molecule has 0 spiro atoms. The minimum Gasteiger partial charge on any atom is -0.453 e. The Morgan fingerprint density at radius 3 is 2.63 bits per heavy atom. The van der Waals surface area contributed by atoms with Gasteiger partial charge in [-0.3, -0.25) is 14.7 Å². The molecule has 5 rings (SSSR count). The molecule has 0 saturated carbocycles. The van der Waals surface area contributed by atoms with Crippen LogP contribution in [-0.4, -0.2) is 62.3 Å². The van der Waals surface area contributed by atoms with E-state index in [9.17, 15) is 19.1 Å². The van der Waals surface area contributed by atoms with E-state index in [-0.39, 0.29) is 41.7 Å². The van der Waals surface area contributed by atoms with Gasteiger partial charge in [-0.1, -0.05) is 0 Å². The zero-order valence-electron chi connectivity index (χ0n) is 21.5. The molecule has 0 aliphatic carbocycles. The summed E-state index contributed by atoms with van der Waals surface area (Å²) in [6.07, 6.45) is 2.71. The maximum atomic E-state index is 15.1. The highest BCUT2D eigenvalue weighted by Gasteiger charge is 2.19. The molecule has 1 atom stereocenters. The Kier molecular flexibility index (Phi) is 7.94. The van der Waals surface area contributed by atoms with Gasteiger partial charge >= 0.3 is 0 Å². The lowest BCUT2D eigenvalue weighted by Gasteiger charge is -2.15. The fourth-order valence-electron chi connectivity index (χ4n) is 3.98. The van der Waals surface area contributed by atoms with Crippen molar-refractivity contribution in [2.24, 2.45) is 0 Å². The number of rotatable bonds is 10. The van der Waals surface area contributed by atoms with Gasteiger partial charge in [0.25, 0.3) is 11.5 Å². The van der Waals surface area contributed by atoms with E-state index in [0.717, 1.165) is 22.9 Å². The number of H-pyrrole nitrogens is 1. The lowest BCUT2D eigenvalue weighted by molar-refractivity contribution is 0.102. The van der Waals surface area contributed by atoms with Crippen molar-refractivity contribution in [2.45, 2.75) is 6.04 Å². The van der Waals surface area contributed by atoms with Gasteiger partial charge in [0, 0.05) is 37.3 Å². The summed E-state index contributed by atoms with van der Waals surface area (Å²) in [4.78, 5) is 29.9. The van der Waals surface area contributed by atoms with Crippen molar-refractivity contribution in [1.82, 2.24) is 25.0 Å². The molecule has 0 aliphatic heterocycles. The number of hydrogen-bond acceptors (Lipinski definition) is 9. The molecule has 4 N–H and O–H groups in total. The Balaban J connectivity index is 1.35. The van der Waals surface area contributed by atoms with Crippen LogP contribution in [0.3, 0.4) is 0 Å². The van der Waals surface area contributed by atoms with Crippen molar-refractivity contribution in [3.8, 4) is 17.2 Å². The number of aromatic amines is 1. The maximum Gasteiger partial charge on any atom is 0.284 e. The lowest BCUT2D eigenvalue weighted by atomic mass is 10.2. The molecule has 210 valence electrons. The van der Waals surface area contributed by atoms with Crippen LogP contribution in [-0.2, 0) is 4.74 Å². The van der Waals surface area contributed by atoms with Crippen LogP contribution in [0.1, 0.15) is 10.4 Å². The maximum absolute atomic E-state index is 15.1. The number of nitrogens with one attached hydrogen (secondary N) is 3. The predicted molar refractivity (Wildman–Crippen MR) is 144 cm³/mol. The Bertz CT molecular complexity index is 1760.